The van der Waals surface area contributed by atoms with Gasteiger partial charge in [0.1, 0.15) is 6.61 Å². The highest BCUT2D eigenvalue weighted by Gasteiger charge is 2.17. The van der Waals surface area contributed by atoms with Gasteiger partial charge in [-0.3, -0.25) is 14.6 Å². The van der Waals surface area contributed by atoms with Crippen molar-refractivity contribution in [3.05, 3.63) is 128 Å². The molecule has 1 aliphatic rings. The van der Waals surface area contributed by atoms with Gasteiger partial charge in [0.2, 0.25) is 0 Å². The molecule has 0 spiro atoms. The first kappa shape index (κ1) is 30.8. The molecule has 5 rings (SSSR count). The van der Waals surface area contributed by atoms with E-state index in [1.165, 1.54) is 11.1 Å². The van der Waals surface area contributed by atoms with E-state index in [9.17, 15) is 4.79 Å². The Morgan fingerprint density at radius 2 is 1.49 bits per heavy atom. The Morgan fingerprint density at radius 1 is 0.884 bits per heavy atom. The van der Waals surface area contributed by atoms with Crippen LogP contribution in [0.5, 0.6) is 11.5 Å². The second-order valence-electron chi connectivity index (χ2n) is 10.4. The van der Waals surface area contributed by atoms with E-state index in [4.69, 9.17) is 21.1 Å². The normalized spacial score (nSPS) is 14.1. The smallest absolute Gasteiger partial charge is 0.271 e. The van der Waals surface area contributed by atoms with Gasteiger partial charge in [-0.05, 0) is 74.6 Å². The van der Waals surface area contributed by atoms with Gasteiger partial charge in [0.15, 0.2) is 11.5 Å². The van der Waals surface area contributed by atoms with Gasteiger partial charge in [-0.25, -0.2) is 5.43 Å². The van der Waals surface area contributed by atoms with Gasteiger partial charge in [0.25, 0.3) is 5.91 Å². The number of carbonyl (C=O) groups is 1. The number of rotatable bonds is 11. The average Bonchev–Trinajstić information content (AvgIpc) is 3.03. The molecular weight excluding hydrogens is 628 g/mol. The van der Waals surface area contributed by atoms with Gasteiger partial charge < -0.3 is 9.47 Å². The van der Waals surface area contributed by atoms with Gasteiger partial charge in [-0.1, -0.05) is 66.2 Å². The number of benzene rings is 4. The molecule has 0 bridgehead atoms. The Balaban J connectivity index is 1.09. The van der Waals surface area contributed by atoms with Crippen LogP contribution in [-0.2, 0) is 19.7 Å². The lowest BCUT2D eigenvalue weighted by Crippen LogP contribution is -2.45. The molecule has 1 N–H and O–H groups in total. The van der Waals surface area contributed by atoms with Crippen molar-refractivity contribution in [2.45, 2.75) is 19.7 Å². The number of piperazine rings is 1. The van der Waals surface area contributed by atoms with E-state index >= 15 is 0 Å². The summed E-state index contributed by atoms with van der Waals surface area (Å²) < 4.78 is 12.2. The van der Waals surface area contributed by atoms with Crippen LogP contribution in [0.1, 0.15) is 32.6 Å². The first-order valence-electron chi connectivity index (χ1n) is 14.1. The molecule has 4 aromatic rings. The lowest BCUT2D eigenvalue weighted by molar-refractivity contribution is 0.0955. The highest BCUT2D eigenvalue weighted by molar-refractivity contribution is 9.10. The Kier molecular flexibility index (Phi) is 10.8. The summed E-state index contributed by atoms with van der Waals surface area (Å²) in [6.07, 6.45) is 1.57. The maximum Gasteiger partial charge on any atom is 0.271 e. The lowest BCUT2D eigenvalue weighted by atomic mass is 10.1. The molecule has 43 heavy (non-hydrogen) atoms. The molecular formula is C34H34BrClN4O3. The fraction of sp³-hybridized carbons (Fsp3) is 0.235. The zero-order valence-electron chi connectivity index (χ0n) is 24.0. The van der Waals surface area contributed by atoms with Crippen LogP contribution in [0.4, 0.5) is 0 Å². The molecule has 0 aromatic heterocycles. The summed E-state index contributed by atoms with van der Waals surface area (Å²) in [4.78, 5) is 17.7. The zero-order chi connectivity index (χ0) is 30.0. The number of hydrazone groups is 1. The molecule has 1 saturated heterocycles. The summed E-state index contributed by atoms with van der Waals surface area (Å²) in [6.45, 7) is 6.38. The molecule has 7 nitrogen and oxygen atoms in total. The molecule has 222 valence electrons. The number of halogens is 2. The highest BCUT2D eigenvalue weighted by atomic mass is 79.9. The summed E-state index contributed by atoms with van der Waals surface area (Å²) in [5, 5.41) is 4.83. The summed E-state index contributed by atoms with van der Waals surface area (Å²) in [7, 11) is 1.58. The number of methoxy groups -OCH3 is 1. The first-order valence-corrected chi connectivity index (χ1v) is 15.3. The predicted molar refractivity (Wildman–Crippen MR) is 175 cm³/mol. The van der Waals surface area contributed by atoms with Gasteiger partial charge >= 0.3 is 0 Å². The van der Waals surface area contributed by atoms with Crippen LogP contribution < -0.4 is 14.9 Å². The van der Waals surface area contributed by atoms with Crippen molar-refractivity contribution >= 4 is 39.7 Å². The van der Waals surface area contributed by atoms with E-state index < -0.39 is 0 Å². The third kappa shape index (κ3) is 8.91. The SMILES string of the molecule is COc1cc(/C=N\NC(=O)c2ccc(CN3CCN(Cc4ccccc4)CC3)cc2)cc(Br)c1OCc1ccc(Cl)cc1. The van der Waals surface area contributed by atoms with Crippen molar-refractivity contribution in [3.8, 4) is 11.5 Å². The van der Waals surface area contributed by atoms with Gasteiger partial charge in [-0.2, -0.15) is 5.10 Å². The number of amides is 1. The van der Waals surface area contributed by atoms with Gasteiger partial charge in [0, 0.05) is 49.9 Å². The minimum atomic E-state index is -0.272. The number of hydrogen-bond acceptors (Lipinski definition) is 6. The van der Waals surface area contributed by atoms with Crippen LogP contribution in [0, 0.1) is 0 Å². The molecule has 0 atom stereocenters. The van der Waals surface area contributed by atoms with Crippen LogP contribution in [0.3, 0.4) is 0 Å². The molecule has 0 radical (unpaired) electrons. The summed E-state index contributed by atoms with van der Waals surface area (Å²) in [5.41, 5.74) is 7.43. The summed E-state index contributed by atoms with van der Waals surface area (Å²) in [5.74, 6) is 0.850. The fourth-order valence-electron chi connectivity index (χ4n) is 4.89. The number of nitrogens with one attached hydrogen (secondary N) is 1. The fourth-order valence-corrected chi connectivity index (χ4v) is 5.59. The zero-order valence-corrected chi connectivity index (χ0v) is 26.4. The molecule has 1 heterocycles. The van der Waals surface area contributed by atoms with Crippen molar-refractivity contribution in [3.63, 3.8) is 0 Å². The van der Waals surface area contributed by atoms with Crippen LogP contribution in [0.25, 0.3) is 0 Å². The van der Waals surface area contributed by atoms with Crippen molar-refractivity contribution in [2.75, 3.05) is 33.3 Å². The van der Waals surface area contributed by atoms with E-state index in [0.717, 1.165) is 50.4 Å². The predicted octanol–water partition coefficient (Wildman–Crippen LogP) is 6.77. The summed E-state index contributed by atoms with van der Waals surface area (Å²) in [6, 6.07) is 29.5. The molecule has 0 saturated carbocycles. The number of nitrogens with zero attached hydrogens (tertiary/aromatic N) is 3. The van der Waals surface area contributed by atoms with E-state index in [1.54, 1.807) is 19.4 Å². The van der Waals surface area contributed by atoms with Crippen LogP contribution in [-0.4, -0.2) is 55.2 Å². The van der Waals surface area contributed by atoms with Crippen molar-refractivity contribution < 1.29 is 14.3 Å². The Bertz CT molecular complexity index is 1520. The molecule has 4 aromatic carbocycles. The Hall–Kier alpha value is -3.69. The van der Waals surface area contributed by atoms with Crippen molar-refractivity contribution in [1.29, 1.82) is 0 Å². The van der Waals surface area contributed by atoms with Gasteiger partial charge in [0.05, 0.1) is 17.8 Å². The lowest BCUT2D eigenvalue weighted by Gasteiger charge is -2.34. The van der Waals surface area contributed by atoms with Crippen molar-refractivity contribution in [1.82, 2.24) is 15.2 Å². The van der Waals surface area contributed by atoms with E-state index in [0.29, 0.717) is 33.2 Å². The molecule has 1 fully saturated rings. The molecule has 0 unspecified atom stereocenters. The van der Waals surface area contributed by atoms with E-state index in [1.807, 2.05) is 54.6 Å². The second kappa shape index (κ2) is 15.2. The largest absolute Gasteiger partial charge is 0.493 e. The molecule has 1 amide bonds. The number of hydrogen-bond donors (Lipinski definition) is 1. The van der Waals surface area contributed by atoms with Crippen LogP contribution >= 0.6 is 27.5 Å². The van der Waals surface area contributed by atoms with Crippen LogP contribution in [0.15, 0.2) is 101 Å². The third-order valence-corrected chi connectivity index (χ3v) is 8.11. The molecule has 0 aliphatic carbocycles. The molecule has 1 aliphatic heterocycles. The van der Waals surface area contributed by atoms with Gasteiger partial charge in [-0.15, -0.1) is 0 Å². The Labute approximate surface area is 266 Å². The van der Waals surface area contributed by atoms with Crippen molar-refractivity contribution in [2.24, 2.45) is 5.10 Å². The highest BCUT2D eigenvalue weighted by Crippen LogP contribution is 2.37. The third-order valence-electron chi connectivity index (χ3n) is 7.26. The monoisotopic (exact) mass is 660 g/mol. The van der Waals surface area contributed by atoms with E-state index in [-0.39, 0.29) is 5.91 Å². The Morgan fingerprint density at radius 3 is 2.12 bits per heavy atom. The standard InChI is InChI=1S/C34H34BrClN4O3/c1-42-32-20-28(19-31(35)33(32)43-24-27-9-13-30(36)14-10-27)21-37-38-34(41)29-11-7-26(8-12-29)23-40-17-15-39(16-18-40)22-25-5-3-2-4-6-25/h2-14,19-21H,15-18,22-24H2,1H3,(H,38,41)/b37-21-. The summed E-state index contributed by atoms with van der Waals surface area (Å²) >= 11 is 9.53. The number of ether oxygens (including phenoxy) is 2. The topological polar surface area (TPSA) is 66.4 Å². The maximum absolute atomic E-state index is 12.7. The quantitative estimate of drug-likeness (QED) is 0.142. The van der Waals surface area contributed by atoms with Crippen LogP contribution in [0.2, 0.25) is 5.02 Å². The minimum Gasteiger partial charge on any atom is -0.493 e. The average molecular weight is 662 g/mol. The maximum atomic E-state index is 12.7. The first-order chi connectivity index (χ1) is 21.0. The minimum absolute atomic E-state index is 0.272. The molecule has 9 heteroatoms. The number of carbonyl (C=O) groups excluding carboxylic acids is 1. The van der Waals surface area contributed by atoms with E-state index in [2.05, 4.69) is 66.6 Å². The second-order valence-corrected chi connectivity index (χ2v) is 11.7.